The Bertz CT molecular complexity index is 674. The fourth-order valence-electron chi connectivity index (χ4n) is 3.94. The first-order valence-electron chi connectivity index (χ1n) is 10.1. The monoisotopic (exact) mass is 350 g/mol. The molecule has 0 aliphatic carbocycles. The van der Waals surface area contributed by atoms with Gasteiger partial charge in [-0.15, -0.1) is 0 Å². The molecular formula is C22H30N4. The third-order valence-corrected chi connectivity index (χ3v) is 5.95. The summed E-state index contributed by atoms with van der Waals surface area (Å²) in [5, 5.41) is 0. The van der Waals surface area contributed by atoms with E-state index >= 15 is 0 Å². The van der Waals surface area contributed by atoms with Crippen molar-refractivity contribution in [1.29, 1.82) is 0 Å². The molecule has 0 bridgehead atoms. The fourth-order valence-corrected chi connectivity index (χ4v) is 3.94. The van der Waals surface area contributed by atoms with Crippen LogP contribution in [0.1, 0.15) is 39.5 Å². The zero-order valence-corrected chi connectivity index (χ0v) is 16.1. The first-order valence-corrected chi connectivity index (χ1v) is 10.1. The van der Waals surface area contributed by atoms with Crippen LogP contribution >= 0.6 is 0 Å². The number of rotatable bonds is 3. The molecular weight excluding hydrogens is 320 g/mol. The maximum Gasteiger partial charge on any atom is 0.163 e. The third-order valence-electron chi connectivity index (χ3n) is 5.95. The van der Waals surface area contributed by atoms with Crippen LogP contribution in [0.15, 0.2) is 36.4 Å². The minimum atomic E-state index is 0.824. The Balaban J connectivity index is 1.67. The summed E-state index contributed by atoms with van der Waals surface area (Å²) in [5.74, 6) is 4.70. The van der Waals surface area contributed by atoms with Gasteiger partial charge in [-0.2, -0.15) is 0 Å². The number of hydrogen-bond donors (Lipinski definition) is 0. The number of anilines is 2. The molecule has 138 valence electrons. The average molecular weight is 351 g/mol. The summed E-state index contributed by atoms with van der Waals surface area (Å²) in [4.78, 5) is 14.8. The molecule has 2 aromatic rings. The van der Waals surface area contributed by atoms with Crippen LogP contribution in [-0.2, 0) is 0 Å². The van der Waals surface area contributed by atoms with Gasteiger partial charge in [-0.25, -0.2) is 9.97 Å². The summed E-state index contributed by atoms with van der Waals surface area (Å²) in [6.07, 6.45) is 5.00. The molecule has 4 rings (SSSR count). The lowest BCUT2D eigenvalue weighted by atomic mass is 9.99. The number of hydrogen-bond acceptors (Lipinski definition) is 4. The van der Waals surface area contributed by atoms with Crippen LogP contribution in [0.3, 0.4) is 0 Å². The standard InChI is InChI=1S/C22H30N4/c1-17-8-12-25(13-9-17)20-16-21(26-14-10-18(2)11-15-26)24-22(23-20)19-6-4-3-5-7-19/h3-7,16-18H,8-15H2,1-2H3. The predicted molar refractivity (Wildman–Crippen MR) is 109 cm³/mol. The van der Waals surface area contributed by atoms with E-state index in [1.54, 1.807) is 0 Å². The van der Waals surface area contributed by atoms with Gasteiger partial charge >= 0.3 is 0 Å². The zero-order chi connectivity index (χ0) is 17.9. The molecule has 2 fully saturated rings. The second-order valence-corrected chi connectivity index (χ2v) is 8.11. The minimum Gasteiger partial charge on any atom is -0.356 e. The number of nitrogens with zero attached hydrogens (tertiary/aromatic N) is 4. The molecule has 0 spiro atoms. The SMILES string of the molecule is CC1CCN(c2cc(N3CCC(C)CC3)nc(-c3ccccc3)n2)CC1. The molecule has 0 amide bonds. The molecule has 0 radical (unpaired) electrons. The van der Waals surface area contributed by atoms with E-state index in [-0.39, 0.29) is 0 Å². The number of aromatic nitrogens is 2. The van der Waals surface area contributed by atoms with E-state index in [2.05, 4.69) is 54.0 Å². The van der Waals surface area contributed by atoms with E-state index in [1.165, 1.54) is 25.7 Å². The predicted octanol–water partition coefficient (Wildman–Crippen LogP) is 4.62. The van der Waals surface area contributed by atoms with Crippen molar-refractivity contribution >= 4 is 11.6 Å². The van der Waals surface area contributed by atoms with Gasteiger partial charge in [0, 0.05) is 37.8 Å². The van der Waals surface area contributed by atoms with E-state index in [4.69, 9.17) is 9.97 Å². The highest BCUT2D eigenvalue weighted by Crippen LogP contribution is 2.29. The van der Waals surface area contributed by atoms with Gasteiger partial charge in [0.2, 0.25) is 0 Å². The van der Waals surface area contributed by atoms with Gasteiger partial charge in [0.05, 0.1) is 0 Å². The maximum atomic E-state index is 4.95. The Morgan fingerprint density at radius 2 is 1.19 bits per heavy atom. The molecule has 26 heavy (non-hydrogen) atoms. The molecule has 4 heteroatoms. The first kappa shape index (κ1) is 17.3. The van der Waals surface area contributed by atoms with Crippen LogP contribution in [0.5, 0.6) is 0 Å². The Kier molecular flexibility index (Phi) is 5.09. The van der Waals surface area contributed by atoms with Gasteiger partial charge in [-0.1, -0.05) is 44.2 Å². The van der Waals surface area contributed by atoms with Gasteiger partial charge in [0.25, 0.3) is 0 Å². The normalized spacial score (nSPS) is 19.8. The summed E-state index contributed by atoms with van der Waals surface area (Å²) >= 11 is 0. The Morgan fingerprint density at radius 1 is 0.731 bits per heavy atom. The molecule has 1 aromatic heterocycles. The van der Waals surface area contributed by atoms with Crippen LogP contribution < -0.4 is 9.80 Å². The number of piperidine rings is 2. The summed E-state index contributed by atoms with van der Waals surface area (Å²) in [6.45, 7) is 9.11. The maximum absolute atomic E-state index is 4.95. The number of benzene rings is 1. The van der Waals surface area contributed by atoms with Crippen molar-refractivity contribution in [3.8, 4) is 11.4 Å². The van der Waals surface area contributed by atoms with E-state index < -0.39 is 0 Å². The van der Waals surface area contributed by atoms with Crippen LogP contribution in [0.2, 0.25) is 0 Å². The first-order chi connectivity index (χ1) is 12.7. The van der Waals surface area contributed by atoms with Crippen LogP contribution in [0.25, 0.3) is 11.4 Å². The average Bonchev–Trinajstić information content (AvgIpc) is 2.69. The highest BCUT2D eigenvalue weighted by molar-refractivity contribution is 5.62. The van der Waals surface area contributed by atoms with Crippen molar-refractivity contribution in [2.45, 2.75) is 39.5 Å². The van der Waals surface area contributed by atoms with Crippen molar-refractivity contribution < 1.29 is 0 Å². The summed E-state index contributed by atoms with van der Waals surface area (Å²) in [5.41, 5.74) is 1.10. The molecule has 1 aromatic carbocycles. The van der Waals surface area contributed by atoms with Crippen LogP contribution in [0.4, 0.5) is 11.6 Å². The third kappa shape index (κ3) is 3.84. The van der Waals surface area contributed by atoms with Gasteiger partial charge < -0.3 is 9.80 Å². The van der Waals surface area contributed by atoms with Gasteiger partial charge in [0.15, 0.2) is 5.82 Å². The quantitative estimate of drug-likeness (QED) is 0.809. The lowest BCUT2D eigenvalue weighted by Crippen LogP contribution is -2.35. The van der Waals surface area contributed by atoms with E-state index in [9.17, 15) is 0 Å². The summed E-state index contributed by atoms with van der Waals surface area (Å²) in [7, 11) is 0. The minimum absolute atomic E-state index is 0.824. The summed E-state index contributed by atoms with van der Waals surface area (Å²) in [6, 6.07) is 12.6. The lowest BCUT2D eigenvalue weighted by Gasteiger charge is -2.34. The van der Waals surface area contributed by atoms with Crippen molar-refractivity contribution in [2.24, 2.45) is 11.8 Å². The molecule has 0 atom stereocenters. The van der Waals surface area contributed by atoms with E-state index in [0.717, 1.165) is 61.0 Å². The molecule has 4 nitrogen and oxygen atoms in total. The van der Waals surface area contributed by atoms with Crippen molar-refractivity contribution in [2.75, 3.05) is 36.0 Å². The molecule has 0 saturated carbocycles. The highest BCUT2D eigenvalue weighted by atomic mass is 15.2. The fraction of sp³-hybridized carbons (Fsp3) is 0.545. The lowest BCUT2D eigenvalue weighted by molar-refractivity contribution is 0.433. The largest absolute Gasteiger partial charge is 0.356 e. The molecule has 0 N–H and O–H groups in total. The van der Waals surface area contributed by atoms with Gasteiger partial charge in [0.1, 0.15) is 11.6 Å². The second-order valence-electron chi connectivity index (χ2n) is 8.11. The second kappa shape index (κ2) is 7.65. The Labute approximate surface area is 157 Å². The van der Waals surface area contributed by atoms with Crippen molar-refractivity contribution in [3.05, 3.63) is 36.4 Å². The van der Waals surface area contributed by atoms with Gasteiger partial charge in [-0.05, 0) is 37.5 Å². The van der Waals surface area contributed by atoms with Crippen molar-refractivity contribution in [3.63, 3.8) is 0 Å². The van der Waals surface area contributed by atoms with Crippen molar-refractivity contribution in [1.82, 2.24) is 9.97 Å². The Morgan fingerprint density at radius 3 is 1.65 bits per heavy atom. The van der Waals surface area contributed by atoms with Gasteiger partial charge in [-0.3, -0.25) is 0 Å². The van der Waals surface area contributed by atoms with E-state index in [1.807, 2.05) is 6.07 Å². The Hall–Kier alpha value is -2.10. The van der Waals surface area contributed by atoms with Crippen LogP contribution in [-0.4, -0.2) is 36.1 Å². The zero-order valence-electron chi connectivity index (χ0n) is 16.1. The summed E-state index contributed by atoms with van der Waals surface area (Å²) < 4.78 is 0. The molecule has 0 unspecified atom stereocenters. The highest BCUT2D eigenvalue weighted by Gasteiger charge is 2.22. The molecule has 3 heterocycles. The van der Waals surface area contributed by atoms with Crippen LogP contribution in [0, 0.1) is 11.8 Å². The van der Waals surface area contributed by atoms with E-state index in [0.29, 0.717) is 0 Å². The topological polar surface area (TPSA) is 32.3 Å². The smallest absolute Gasteiger partial charge is 0.163 e. The molecule has 2 aliphatic heterocycles. The molecule has 2 saturated heterocycles. The molecule has 2 aliphatic rings.